The summed E-state index contributed by atoms with van der Waals surface area (Å²) in [4.78, 5) is 25.1. The van der Waals surface area contributed by atoms with Crippen molar-refractivity contribution in [3.8, 4) is 0 Å². The summed E-state index contributed by atoms with van der Waals surface area (Å²) in [5.74, 6) is -1.22. The van der Waals surface area contributed by atoms with Gasteiger partial charge in [0.25, 0.3) is 0 Å². The van der Waals surface area contributed by atoms with Gasteiger partial charge in [-0.25, -0.2) is 8.42 Å². The zero-order chi connectivity index (χ0) is 29.0. The molecule has 3 aliphatic heterocycles. The fourth-order valence-electron chi connectivity index (χ4n) is 5.79. The van der Waals surface area contributed by atoms with Gasteiger partial charge in [0.2, 0.25) is 15.9 Å². The van der Waals surface area contributed by atoms with Gasteiger partial charge in [0, 0.05) is 31.5 Å². The standard InChI is InChI=1S/C30H38N2O8S/c1-20-7-10-24(11-8-20)41(36,37)32(17-23-9-12-28(34)31-23)18-26(33)22(15-21-5-3-2-4-6-21)16-29(35)40-27-19-39-30-25(27)13-14-38-30/h2-8,10-11,22-23,25-27,30,33H,9,12-19H2,1H3,(H,31,34)/t22?,23-,25+,26?,27?,30-/m1/s1. The third-order valence-electron chi connectivity index (χ3n) is 8.14. The Morgan fingerprint density at radius 3 is 2.59 bits per heavy atom. The number of rotatable bonds is 12. The van der Waals surface area contributed by atoms with E-state index in [1.165, 1.54) is 4.31 Å². The predicted octanol–water partition coefficient (Wildman–Crippen LogP) is 2.18. The Balaban J connectivity index is 1.34. The molecule has 0 radical (unpaired) electrons. The van der Waals surface area contributed by atoms with E-state index < -0.39 is 34.1 Å². The van der Waals surface area contributed by atoms with Crippen LogP contribution in [0.2, 0.25) is 0 Å². The summed E-state index contributed by atoms with van der Waals surface area (Å²) >= 11 is 0. The van der Waals surface area contributed by atoms with Crippen molar-refractivity contribution in [1.82, 2.24) is 9.62 Å². The molecule has 3 aliphatic rings. The number of aliphatic hydroxyl groups excluding tert-OH is 1. The second-order valence-electron chi connectivity index (χ2n) is 11.2. The molecule has 41 heavy (non-hydrogen) atoms. The normalized spacial score (nSPS) is 25.6. The average Bonchev–Trinajstić information content (AvgIpc) is 3.68. The van der Waals surface area contributed by atoms with Crippen LogP contribution in [0.15, 0.2) is 59.5 Å². The van der Waals surface area contributed by atoms with Crippen LogP contribution in [0.4, 0.5) is 0 Å². The van der Waals surface area contributed by atoms with Gasteiger partial charge < -0.3 is 24.6 Å². The van der Waals surface area contributed by atoms with Crippen molar-refractivity contribution in [1.29, 1.82) is 0 Å². The van der Waals surface area contributed by atoms with E-state index in [2.05, 4.69) is 5.32 Å². The molecule has 222 valence electrons. The van der Waals surface area contributed by atoms with Gasteiger partial charge in [-0.2, -0.15) is 4.31 Å². The number of carbonyl (C=O) groups excluding carboxylic acids is 2. The molecule has 3 heterocycles. The van der Waals surface area contributed by atoms with Gasteiger partial charge >= 0.3 is 5.97 Å². The summed E-state index contributed by atoms with van der Waals surface area (Å²) in [6.07, 6.45) is -0.0977. The van der Waals surface area contributed by atoms with Gasteiger partial charge in [-0.15, -0.1) is 0 Å². The Morgan fingerprint density at radius 1 is 1.12 bits per heavy atom. The van der Waals surface area contributed by atoms with Crippen LogP contribution in [0.1, 0.15) is 36.8 Å². The first-order valence-corrected chi connectivity index (χ1v) is 15.6. The molecule has 2 aromatic rings. The Kier molecular flexibility index (Phi) is 9.40. The largest absolute Gasteiger partial charge is 0.459 e. The van der Waals surface area contributed by atoms with Gasteiger partial charge in [0.1, 0.15) is 6.10 Å². The van der Waals surface area contributed by atoms with Crippen LogP contribution in [0.5, 0.6) is 0 Å². The topological polar surface area (TPSA) is 131 Å². The molecule has 0 aromatic heterocycles. The molecule has 0 spiro atoms. The quantitative estimate of drug-likeness (QED) is 0.362. The van der Waals surface area contributed by atoms with Crippen molar-refractivity contribution < 1.29 is 37.3 Å². The minimum absolute atomic E-state index is 0.00628. The minimum Gasteiger partial charge on any atom is -0.459 e. The highest BCUT2D eigenvalue weighted by molar-refractivity contribution is 7.89. The monoisotopic (exact) mass is 586 g/mol. The zero-order valence-electron chi connectivity index (χ0n) is 23.2. The highest BCUT2D eigenvalue weighted by Crippen LogP contribution is 2.33. The Labute approximate surface area is 241 Å². The van der Waals surface area contributed by atoms with Crippen molar-refractivity contribution >= 4 is 21.9 Å². The lowest BCUT2D eigenvalue weighted by atomic mass is 9.90. The van der Waals surface area contributed by atoms with Crippen LogP contribution < -0.4 is 5.32 Å². The van der Waals surface area contributed by atoms with Gasteiger partial charge in [0.05, 0.1) is 36.6 Å². The maximum atomic E-state index is 13.8. The minimum atomic E-state index is -4.01. The van der Waals surface area contributed by atoms with Crippen LogP contribution in [-0.4, -0.2) is 80.5 Å². The third-order valence-corrected chi connectivity index (χ3v) is 9.99. The fraction of sp³-hybridized carbons (Fsp3) is 0.533. The summed E-state index contributed by atoms with van der Waals surface area (Å²) in [5, 5.41) is 14.4. The maximum Gasteiger partial charge on any atom is 0.306 e. The molecule has 2 N–H and O–H groups in total. The van der Waals surface area contributed by atoms with E-state index in [1.54, 1.807) is 24.3 Å². The SMILES string of the molecule is Cc1ccc(S(=O)(=O)N(CC(O)C(CC(=O)OC2CO[C@H]3OCC[C@@H]23)Cc2ccccc2)C[C@H]2CCC(=O)N2)cc1. The summed E-state index contributed by atoms with van der Waals surface area (Å²) in [6.45, 7) is 2.48. The van der Waals surface area contributed by atoms with Crippen molar-refractivity contribution in [2.24, 2.45) is 11.8 Å². The molecule has 2 aromatic carbocycles. The molecule has 3 unspecified atom stereocenters. The predicted molar refractivity (Wildman–Crippen MR) is 149 cm³/mol. The fourth-order valence-corrected chi connectivity index (χ4v) is 7.29. The number of carbonyl (C=O) groups is 2. The molecule has 10 nitrogen and oxygen atoms in total. The summed E-state index contributed by atoms with van der Waals surface area (Å²) < 4.78 is 45.7. The van der Waals surface area contributed by atoms with Gasteiger partial charge in [-0.3, -0.25) is 9.59 Å². The number of sulfonamides is 1. The number of hydrogen-bond acceptors (Lipinski definition) is 8. The van der Waals surface area contributed by atoms with E-state index in [-0.39, 0.29) is 55.2 Å². The van der Waals surface area contributed by atoms with Crippen molar-refractivity contribution in [3.63, 3.8) is 0 Å². The highest BCUT2D eigenvalue weighted by Gasteiger charge is 2.44. The Hall–Kier alpha value is -2.83. The molecule has 0 bridgehead atoms. The van der Waals surface area contributed by atoms with E-state index >= 15 is 0 Å². The van der Waals surface area contributed by atoms with E-state index in [1.807, 2.05) is 37.3 Å². The number of ether oxygens (including phenoxy) is 3. The number of benzene rings is 2. The number of esters is 1. The number of amides is 1. The Bertz CT molecular complexity index is 1300. The molecule has 0 aliphatic carbocycles. The second-order valence-corrected chi connectivity index (χ2v) is 13.2. The van der Waals surface area contributed by atoms with Crippen molar-refractivity contribution in [2.45, 2.75) is 68.5 Å². The molecule has 5 rings (SSSR count). The average molecular weight is 587 g/mol. The number of hydrogen-bond donors (Lipinski definition) is 2. The first-order chi connectivity index (χ1) is 19.7. The second kappa shape index (κ2) is 13.0. The molecular formula is C30H38N2O8S. The lowest BCUT2D eigenvalue weighted by Gasteiger charge is -2.30. The third kappa shape index (κ3) is 7.34. The molecule has 11 heteroatoms. The summed E-state index contributed by atoms with van der Waals surface area (Å²) in [6, 6.07) is 15.6. The van der Waals surface area contributed by atoms with Crippen LogP contribution in [0.25, 0.3) is 0 Å². The summed E-state index contributed by atoms with van der Waals surface area (Å²) in [5.41, 5.74) is 1.83. The molecule has 6 atom stereocenters. The van der Waals surface area contributed by atoms with Gasteiger partial charge in [-0.05, 0) is 43.9 Å². The van der Waals surface area contributed by atoms with Crippen molar-refractivity contribution in [2.75, 3.05) is 26.3 Å². The Morgan fingerprint density at radius 2 is 1.88 bits per heavy atom. The van der Waals surface area contributed by atoms with Crippen molar-refractivity contribution in [3.05, 3.63) is 65.7 Å². The smallest absolute Gasteiger partial charge is 0.306 e. The maximum absolute atomic E-state index is 13.8. The molecule has 0 saturated carbocycles. The molecule has 3 saturated heterocycles. The lowest BCUT2D eigenvalue weighted by molar-refractivity contribution is -0.153. The number of nitrogens with zero attached hydrogens (tertiary/aromatic N) is 1. The van der Waals surface area contributed by atoms with Crippen LogP contribution in [0, 0.1) is 18.8 Å². The summed E-state index contributed by atoms with van der Waals surface area (Å²) in [7, 11) is -4.01. The zero-order valence-corrected chi connectivity index (χ0v) is 24.0. The van der Waals surface area contributed by atoms with Crippen LogP contribution in [-0.2, 0) is 40.2 Å². The van der Waals surface area contributed by atoms with E-state index in [9.17, 15) is 23.1 Å². The van der Waals surface area contributed by atoms with E-state index in [4.69, 9.17) is 14.2 Å². The lowest BCUT2D eigenvalue weighted by Crippen LogP contribution is -2.47. The number of aliphatic hydroxyl groups is 1. The van der Waals surface area contributed by atoms with Gasteiger partial charge in [0.15, 0.2) is 6.29 Å². The van der Waals surface area contributed by atoms with Crippen LogP contribution in [0.3, 0.4) is 0 Å². The first-order valence-electron chi connectivity index (χ1n) is 14.2. The molecular weight excluding hydrogens is 548 g/mol. The number of fused-ring (bicyclic) bond motifs is 1. The molecule has 3 fully saturated rings. The van der Waals surface area contributed by atoms with E-state index in [0.717, 1.165) is 17.5 Å². The number of nitrogens with one attached hydrogen (secondary N) is 1. The highest BCUT2D eigenvalue weighted by atomic mass is 32.2. The van der Waals surface area contributed by atoms with Crippen LogP contribution >= 0.6 is 0 Å². The first kappa shape index (κ1) is 29.7. The van der Waals surface area contributed by atoms with E-state index in [0.29, 0.717) is 25.9 Å². The molecule has 1 amide bonds. The number of aryl methyl sites for hydroxylation is 1. The van der Waals surface area contributed by atoms with Gasteiger partial charge in [-0.1, -0.05) is 48.0 Å².